The lowest BCUT2D eigenvalue weighted by Gasteiger charge is -2.27. The molecule has 0 aromatic heterocycles. The van der Waals surface area contributed by atoms with Crippen LogP contribution in [-0.4, -0.2) is 26.2 Å². The standard InChI is InChI=1S/C14H22N2O2/c1-5-16(9-10(2)3)12-8-6-7-11(13(12)15)14(17)18-4/h6-8,10H,5,9,15H2,1-4H3. The van der Waals surface area contributed by atoms with Crippen molar-refractivity contribution in [2.24, 2.45) is 5.92 Å². The summed E-state index contributed by atoms with van der Waals surface area (Å²) in [4.78, 5) is 13.8. The van der Waals surface area contributed by atoms with Gasteiger partial charge in [0.1, 0.15) is 0 Å². The van der Waals surface area contributed by atoms with E-state index in [0.29, 0.717) is 17.2 Å². The van der Waals surface area contributed by atoms with Crippen LogP contribution in [0.15, 0.2) is 18.2 Å². The molecular weight excluding hydrogens is 228 g/mol. The van der Waals surface area contributed by atoms with E-state index in [9.17, 15) is 4.79 Å². The van der Waals surface area contributed by atoms with Crippen LogP contribution in [0.2, 0.25) is 0 Å². The molecule has 0 saturated heterocycles. The van der Waals surface area contributed by atoms with Crippen LogP contribution in [-0.2, 0) is 4.74 Å². The van der Waals surface area contributed by atoms with Crippen LogP contribution in [0.3, 0.4) is 0 Å². The average Bonchev–Trinajstić information content (AvgIpc) is 2.35. The average molecular weight is 250 g/mol. The first-order chi connectivity index (χ1) is 8.51. The fourth-order valence-corrected chi connectivity index (χ4v) is 1.96. The molecule has 1 rings (SSSR count). The van der Waals surface area contributed by atoms with E-state index in [1.165, 1.54) is 7.11 Å². The van der Waals surface area contributed by atoms with E-state index < -0.39 is 5.97 Å². The molecule has 0 saturated carbocycles. The molecule has 1 aromatic rings. The quantitative estimate of drug-likeness (QED) is 0.644. The van der Waals surface area contributed by atoms with Crippen molar-refractivity contribution in [2.45, 2.75) is 20.8 Å². The van der Waals surface area contributed by atoms with E-state index in [-0.39, 0.29) is 0 Å². The maximum Gasteiger partial charge on any atom is 0.340 e. The molecule has 0 heterocycles. The van der Waals surface area contributed by atoms with Gasteiger partial charge in [-0.05, 0) is 25.0 Å². The van der Waals surface area contributed by atoms with Crippen LogP contribution < -0.4 is 10.6 Å². The molecule has 0 aliphatic carbocycles. The van der Waals surface area contributed by atoms with Crippen molar-refractivity contribution in [1.29, 1.82) is 0 Å². The number of carbonyl (C=O) groups is 1. The third kappa shape index (κ3) is 3.15. The summed E-state index contributed by atoms with van der Waals surface area (Å²) in [6.07, 6.45) is 0. The van der Waals surface area contributed by atoms with Gasteiger partial charge in [0.15, 0.2) is 0 Å². The number of nitrogens with two attached hydrogens (primary N) is 1. The van der Waals surface area contributed by atoms with Crippen molar-refractivity contribution in [3.63, 3.8) is 0 Å². The smallest absolute Gasteiger partial charge is 0.340 e. The molecule has 0 aliphatic heterocycles. The maximum absolute atomic E-state index is 11.6. The Labute approximate surface area is 109 Å². The summed E-state index contributed by atoms with van der Waals surface area (Å²) in [7, 11) is 1.36. The number of anilines is 2. The number of nitrogens with zero attached hydrogens (tertiary/aromatic N) is 1. The number of benzene rings is 1. The molecule has 0 fully saturated rings. The largest absolute Gasteiger partial charge is 0.465 e. The van der Waals surface area contributed by atoms with Gasteiger partial charge < -0.3 is 15.4 Å². The zero-order chi connectivity index (χ0) is 13.7. The molecule has 18 heavy (non-hydrogen) atoms. The van der Waals surface area contributed by atoms with Crippen molar-refractivity contribution in [3.05, 3.63) is 23.8 Å². The van der Waals surface area contributed by atoms with Gasteiger partial charge in [0.2, 0.25) is 0 Å². The molecule has 0 radical (unpaired) electrons. The summed E-state index contributed by atoms with van der Waals surface area (Å²) in [6.45, 7) is 8.15. The summed E-state index contributed by atoms with van der Waals surface area (Å²) >= 11 is 0. The van der Waals surface area contributed by atoms with Gasteiger partial charge in [0, 0.05) is 13.1 Å². The predicted octanol–water partition coefficient (Wildman–Crippen LogP) is 2.54. The number of esters is 1. The third-order valence-electron chi connectivity index (χ3n) is 2.80. The summed E-state index contributed by atoms with van der Waals surface area (Å²) in [6, 6.07) is 5.46. The molecule has 1 aromatic carbocycles. The molecule has 0 bridgehead atoms. The third-order valence-corrected chi connectivity index (χ3v) is 2.80. The van der Waals surface area contributed by atoms with E-state index in [2.05, 4.69) is 25.7 Å². The zero-order valence-electron chi connectivity index (χ0n) is 11.6. The lowest BCUT2D eigenvalue weighted by atomic mass is 10.1. The molecular formula is C14H22N2O2. The Morgan fingerprint density at radius 2 is 2.11 bits per heavy atom. The number of nitrogen functional groups attached to an aromatic ring is 1. The van der Waals surface area contributed by atoms with Crippen molar-refractivity contribution < 1.29 is 9.53 Å². The number of para-hydroxylation sites is 1. The van der Waals surface area contributed by atoms with Gasteiger partial charge in [0.25, 0.3) is 0 Å². The Morgan fingerprint density at radius 3 is 2.61 bits per heavy atom. The van der Waals surface area contributed by atoms with Crippen LogP contribution >= 0.6 is 0 Å². The van der Waals surface area contributed by atoms with Gasteiger partial charge in [-0.2, -0.15) is 0 Å². The molecule has 0 amide bonds. The second kappa shape index (κ2) is 6.28. The molecule has 4 heteroatoms. The fraction of sp³-hybridized carbons (Fsp3) is 0.500. The van der Waals surface area contributed by atoms with E-state index in [1.54, 1.807) is 6.07 Å². The Bertz CT molecular complexity index is 416. The van der Waals surface area contributed by atoms with Gasteiger partial charge in [-0.25, -0.2) is 4.79 Å². The number of ether oxygens (including phenoxy) is 1. The molecule has 0 spiro atoms. The summed E-state index contributed by atoms with van der Waals surface area (Å²) in [5, 5.41) is 0. The first-order valence-electron chi connectivity index (χ1n) is 6.23. The molecule has 0 unspecified atom stereocenters. The topological polar surface area (TPSA) is 55.6 Å². The van der Waals surface area contributed by atoms with Gasteiger partial charge in [-0.1, -0.05) is 19.9 Å². The van der Waals surface area contributed by atoms with E-state index in [1.807, 2.05) is 12.1 Å². The SMILES string of the molecule is CCN(CC(C)C)c1cccc(C(=O)OC)c1N. The van der Waals surface area contributed by atoms with Crippen molar-refractivity contribution in [2.75, 3.05) is 30.8 Å². The zero-order valence-corrected chi connectivity index (χ0v) is 11.6. The van der Waals surface area contributed by atoms with Gasteiger partial charge in [-0.3, -0.25) is 0 Å². The fourth-order valence-electron chi connectivity index (χ4n) is 1.96. The first kappa shape index (κ1) is 14.4. The predicted molar refractivity (Wildman–Crippen MR) is 74.9 cm³/mol. The minimum Gasteiger partial charge on any atom is -0.465 e. The highest BCUT2D eigenvalue weighted by Crippen LogP contribution is 2.27. The van der Waals surface area contributed by atoms with Gasteiger partial charge in [0.05, 0.1) is 24.0 Å². The Kier molecular flexibility index (Phi) is 5.01. The summed E-state index contributed by atoms with van der Waals surface area (Å²) < 4.78 is 4.73. The van der Waals surface area contributed by atoms with Crippen LogP contribution in [0.1, 0.15) is 31.1 Å². The minimum absolute atomic E-state index is 0.394. The number of methoxy groups -OCH3 is 1. The van der Waals surface area contributed by atoms with Crippen LogP contribution in [0.4, 0.5) is 11.4 Å². The monoisotopic (exact) mass is 250 g/mol. The highest BCUT2D eigenvalue weighted by atomic mass is 16.5. The van der Waals surface area contributed by atoms with Crippen LogP contribution in [0.5, 0.6) is 0 Å². The van der Waals surface area contributed by atoms with E-state index >= 15 is 0 Å². The van der Waals surface area contributed by atoms with Gasteiger partial charge >= 0.3 is 5.97 Å². The normalized spacial score (nSPS) is 10.5. The Morgan fingerprint density at radius 1 is 1.44 bits per heavy atom. The van der Waals surface area contributed by atoms with Crippen molar-refractivity contribution in [1.82, 2.24) is 0 Å². The maximum atomic E-state index is 11.6. The minimum atomic E-state index is -0.394. The first-order valence-corrected chi connectivity index (χ1v) is 6.23. The lowest BCUT2D eigenvalue weighted by Crippen LogP contribution is -2.28. The molecule has 0 atom stereocenters. The van der Waals surface area contributed by atoms with Crippen molar-refractivity contribution >= 4 is 17.3 Å². The summed E-state index contributed by atoms with van der Waals surface area (Å²) in [5.74, 6) is 0.140. The second-order valence-electron chi connectivity index (χ2n) is 4.66. The highest BCUT2D eigenvalue weighted by molar-refractivity contribution is 5.98. The lowest BCUT2D eigenvalue weighted by molar-refractivity contribution is 0.0602. The Hall–Kier alpha value is -1.71. The highest BCUT2D eigenvalue weighted by Gasteiger charge is 2.16. The van der Waals surface area contributed by atoms with Crippen molar-refractivity contribution in [3.8, 4) is 0 Å². The number of rotatable bonds is 5. The molecule has 0 aliphatic rings. The van der Waals surface area contributed by atoms with E-state index in [0.717, 1.165) is 18.8 Å². The molecule has 2 N–H and O–H groups in total. The summed E-state index contributed by atoms with van der Waals surface area (Å²) in [5.41, 5.74) is 7.89. The number of hydrogen-bond donors (Lipinski definition) is 1. The number of hydrogen-bond acceptors (Lipinski definition) is 4. The van der Waals surface area contributed by atoms with Crippen LogP contribution in [0, 0.1) is 5.92 Å². The van der Waals surface area contributed by atoms with Gasteiger partial charge in [-0.15, -0.1) is 0 Å². The Balaban J connectivity index is 3.12. The second-order valence-corrected chi connectivity index (χ2v) is 4.66. The molecule has 4 nitrogen and oxygen atoms in total. The molecule has 100 valence electrons. The number of carbonyl (C=O) groups excluding carboxylic acids is 1. The van der Waals surface area contributed by atoms with E-state index in [4.69, 9.17) is 10.5 Å². The van der Waals surface area contributed by atoms with Crippen LogP contribution in [0.25, 0.3) is 0 Å².